The Morgan fingerprint density at radius 3 is 2.25 bits per heavy atom. The van der Waals surface area contributed by atoms with Crippen LogP contribution >= 0.6 is 46.1 Å². The number of halogens is 3. The molecular formula is C6H4Cl3NOS. The first-order valence-corrected chi connectivity index (χ1v) is 4.88. The van der Waals surface area contributed by atoms with E-state index in [9.17, 15) is 4.79 Å². The molecular weight excluding hydrogens is 240 g/mol. The molecule has 0 spiro atoms. The van der Waals surface area contributed by atoms with Gasteiger partial charge in [0, 0.05) is 4.88 Å². The summed E-state index contributed by atoms with van der Waals surface area (Å²) in [7, 11) is 0. The molecule has 0 bridgehead atoms. The molecule has 0 fully saturated rings. The van der Waals surface area contributed by atoms with E-state index in [1.165, 1.54) is 11.3 Å². The van der Waals surface area contributed by atoms with Gasteiger partial charge in [-0.25, -0.2) is 0 Å². The second-order valence-electron chi connectivity index (χ2n) is 2.07. The topological polar surface area (TPSA) is 43.1 Å². The van der Waals surface area contributed by atoms with Gasteiger partial charge in [-0.3, -0.25) is 4.79 Å². The molecule has 6 heteroatoms. The molecule has 0 saturated heterocycles. The van der Waals surface area contributed by atoms with Crippen molar-refractivity contribution < 1.29 is 4.79 Å². The minimum Gasteiger partial charge on any atom is -0.369 e. The van der Waals surface area contributed by atoms with Crippen LogP contribution in [-0.2, 0) is 11.2 Å². The number of amides is 1. The third-order valence-electron chi connectivity index (χ3n) is 1.16. The first-order chi connectivity index (χ1) is 5.52. The number of hydrogen-bond acceptors (Lipinski definition) is 2. The van der Waals surface area contributed by atoms with E-state index < -0.39 is 5.91 Å². The van der Waals surface area contributed by atoms with E-state index >= 15 is 0 Å². The Balaban J connectivity index is 3.01. The Kier molecular flexibility index (Phi) is 3.23. The van der Waals surface area contributed by atoms with Crippen LogP contribution in [-0.4, -0.2) is 5.91 Å². The summed E-state index contributed by atoms with van der Waals surface area (Å²) >= 11 is 18.3. The van der Waals surface area contributed by atoms with Crippen molar-refractivity contribution in [1.29, 1.82) is 0 Å². The Morgan fingerprint density at radius 2 is 1.92 bits per heavy atom. The highest BCUT2D eigenvalue weighted by Gasteiger charge is 2.14. The van der Waals surface area contributed by atoms with Gasteiger partial charge in [0.2, 0.25) is 5.91 Å². The quantitative estimate of drug-likeness (QED) is 0.854. The lowest BCUT2D eigenvalue weighted by Gasteiger charge is -1.91. The third kappa shape index (κ3) is 2.04. The van der Waals surface area contributed by atoms with Crippen LogP contribution in [0, 0.1) is 0 Å². The largest absolute Gasteiger partial charge is 0.369 e. The van der Waals surface area contributed by atoms with Gasteiger partial charge in [-0.15, -0.1) is 11.3 Å². The predicted molar refractivity (Wildman–Crippen MR) is 52.2 cm³/mol. The lowest BCUT2D eigenvalue weighted by molar-refractivity contribution is -0.117. The fourth-order valence-corrected chi connectivity index (χ4v) is 2.53. The van der Waals surface area contributed by atoms with Crippen molar-refractivity contribution in [3.63, 3.8) is 0 Å². The van der Waals surface area contributed by atoms with Gasteiger partial charge in [-0.1, -0.05) is 34.8 Å². The van der Waals surface area contributed by atoms with Gasteiger partial charge in [0.15, 0.2) is 0 Å². The molecule has 1 aromatic heterocycles. The molecule has 1 aromatic rings. The van der Waals surface area contributed by atoms with Crippen LogP contribution in [0.25, 0.3) is 0 Å². The molecule has 0 aromatic carbocycles. The van der Waals surface area contributed by atoms with Crippen molar-refractivity contribution in [2.75, 3.05) is 0 Å². The van der Waals surface area contributed by atoms with Crippen molar-refractivity contribution in [1.82, 2.24) is 0 Å². The molecule has 2 N–H and O–H groups in total. The Hall–Kier alpha value is 0.0400. The van der Waals surface area contributed by atoms with Gasteiger partial charge in [-0.2, -0.15) is 0 Å². The number of thiophene rings is 1. The second kappa shape index (κ2) is 3.83. The van der Waals surface area contributed by atoms with Crippen LogP contribution < -0.4 is 5.73 Å². The minimum absolute atomic E-state index is 0.0793. The zero-order chi connectivity index (χ0) is 9.30. The third-order valence-corrected chi connectivity index (χ3v) is 3.77. The molecule has 66 valence electrons. The minimum atomic E-state index is -0.452. The fraction of sp³-hybridized carbons (Fsp3) is 0.167. The van der Waals surface area contributed by atoms with E-state index in [0.717, 1.165) is 0 Å². The van der Waals surface area contributed by atoms with Crippen LogP contribution in [0.5, 0.6) is 0 Å². The number of carbonyl (C=O) groups is 1. The molecule has 0 radical (unpaired) electrons. The molecule has 1 amide bonds. The second-order valence-corrected chi connectivity index (χ2v) is 4.53. The zero-order valence-electron chi connectivity index (χ0n) is 5.73. The number of primary amides is 1. The van der Waals surface area contributed by atoms with Crippen molar-refractivity contribution >= 4 is 52.0 Å². The molecule has 2 nitrogen and oxygen atoms in total. The smallest absolute Gasteiger partial charge is 0.222 e. The van der Waals surface area contributed by atoms with Crippen LogP contribution in [0.3, 0.4) is 0 Å². The lowest BCUT2D eigenvalue weighted by Crippen LogP contribution is -2.12. The fourth-order valence-electron chi connectivity index (χ4n) is 0.678. The van der Waals surface area contributed by atoms with Gasteiger partial charge in [0.1, 0.15) is 4.34 Å². The molecule has 0 saturated carbocycles. The summed E-state index contributed by atoms with van der Waals surface area (Å²) < 4.78 is 0.387. The van der Waals surface area contributed by atoms with Gasteiger partial charge >= 0.3 is 0 Å². The summed E-state index contributed by atoms with van der Waals surface area (Å²) in [6, 6.07) is 0. The van der Waals surface area contributed by atoms with Crippen molar-refractivity contribution in [2.24, 2.45) is 5.73 Å². The maximum atomic E-state index is 10.5. The average molecular weight is 245 g/mol. The van der Waals surface area contributed by atoms with E-state index in [0.29, 0.717) is 19.3 Å². The first-order valence-electron chi connectivity index (χ1n) is 2.93. The molecule has 12 heavy (non-hydrogen) atoms. The molecule has 0 aliphatic carbocycles. The predicted octanol–water partition coefficient (Wildman–Crippen LogP) is 2.74. The highest BCUT2D eigenvalue weighted by molar-refractivity contribution is 7.17. The highest BCUT2D eigenvalue weighted by atomic mass is 35.5. The van der Waals surface area contributed by atoms with Crippen LogP contribution in [0.15, 0.2) is 0 Å². The summed E-state index contributed by atoms with van der Waals surface area (Å²) in [6.07, 6.45) is 0.0793. The Bertz CT molecular complexity index is 323. The average Bonchev–Trinajstić information content (AvgIpc) is 2.17. The SMILES string of the molecule is NC(=O)Cc1sc(Cl)c(Cl)c1Cl. The molecule has 0 aliphatic heterocycles. The van der Waals surface area contributed by atoms with Gasteiger partial charge < -0.3 is 5.73 Å². The number of carbonyl (C=O) groups excluding carboxylic acids is 1. The summed E-state index contributed by atoms with van der Waals surface area (Å²) in [5.41, 5.74) is 4.98. The summed E-state index contributed by atoms with van der Waals surface area (Å²) in [6.45, 7) is 0. The summed E-state index contributed by atoms with van der Waals surface area (Å²) in [4.78, 5) is 11.1. The van der Waals surface area contributed by atoms with E-state index in [1.807, 2.05) is 0 Å². The van der Waals surface area contributed by atoms with Gasteiger partial charge in [0.05, 0.1) is 16.5 Å². The number of nitrogens with two attached hydrogens (primary N) is 1. The molecule has 1 heterocycles. The maximum Gasteiger partial charge on any atom is 0.222 e. The normalized spacial score (nSPS) is 10.2. The number of rotatable bonds is 2. The van der Waals surface area contributed by atoms with Crippen molar-refractivity contribution in [2.45, 2.75) is 6.42 Å². The van der Waals surface area contributed by atoms with E-state index in [4.69, 9.17) is 40.5 Å². The Morgan fingerprint density at radius 1 is 1.33 bits per heavy atom. The highest BCUT2D eigenvalue weighted by Crippen LogP contribution is 2.40. The van der Waals surface area contributed by atoms with Crippen LogP contribution in [0.2, 0.25) is 14.4 Å². The van der Waals surface area contributed by atoms with E-state index in [1.54, 1.807) is 0 Å². The first kappa shape index (κ1) is 10.1. The van der Waals surface area contributed by atoms with E-state index in [2.05, 4.69) is 0 Å². The number of hydrogen-bond donors (Lipinski definition) is 1. The molecule has 0 atom stereocenters. The Labute approximate surface area is 88.2 Å². The van der Waals surface area contributed by atoms with Crippen LogP contribution in [0.4, 0.5) is 0 Å². The lowest BCUT2D eigenvalue weighted by atomic mass is 10.3. The molecule has 1 rings (SSSR count). The molecule has 0 aliphatic rings. The van der Waals surface area contributed by atoms with E-state index in [-0.39, 0.29) is 6.42 Å². The van der Waals surface area contributed by atoms with Crippen LogP contribution in [0.1, 0.15) is 4.88 Å². The van der Waals surface area contributed by atoms with Crippen molar-refractivity contribution in [3.8, 4) is 0 Å². The summed E-state index contributed by atoms with van der Waals surface area (Å²) in [5.74, 6) is -0.452. The van der Waals surface area contributed by atoms with Gasteiger partial charge in [0.25, 0.3) is 0 Å². The maximum absolute atomic E-state index is 10.5. The van der Waals surface area contributed by atoms with Gasteiger partial charge in [-0.05, 0) is 0 Å². The standard InChI is InChI=1S/C6H4Cl3NOS/c7-4-2(1-3(10)11)12-6(9)5(4)8/h1H2,(H2,10,11). The van der Waals surface area contributed by atoms with Crippen molar-refractivity contribution in [3.05, 3.63) is 19.3 Å². The zero-order valence-corrected chi connectivity index (χ0v) is 8.82. The molecule has 0 unspecified atom stereocenters. The summed E-state index contributed by atoms with van der Waals surface area (Å²) in [5, 5.41) is 0.616. The monoisotopic (exact) mass is 243 g/mol.